The number of β-amino-alcohol motifs (C(OH)–C–C–N with tert-alkyl or cyclic N) is 1. The summed E-state index contributed by atoms with van der Waals surface area (Å²) < 4.78 is 26.6. The molecular weight excluding hydrogens is 629 g/mol. The maximum absolute atomic E-state index is 15.3. The highest BCUT2D eigenvalue weighted by Crippen LogP contribution is 2.32. The lowest BCUT2D eigenvalue weighted by atomic mass is 9.93. The van der Waals surface area contributed by atoms with Crippen molar-refractivity contribution >= 4 is 23.5 Å². The molecule has 1 aromatic carbocycles. The molecule has 13 heteroatoms. The summed E-state index contributed by atoms with van der Waals surface area (Å²) in [6.45, 7) is 10.1. The number of pyridine rings is 1. The van der Waals surface area contributed by atoms with Gasteiger partial charge in [0.2, 0.25) is 5.91 Å². The zero-order chi connectivity index (χ0) is 34.5. The first kappa shape index (κ1) is 34.6. The first-order valence-electron chi connectivity index (χ1n) is 17.4. The summed E-state index contributed by atoms with van der Waals surface area (Å²) >= 11 is 0. The van der Waals surface area contributed by atoms with Gasteiger partial charge >= 0.3 is 0 Å². The Labute approximate surface area is 287 Å². The van der Waals surface area contributed by atoms with Gasteiger partial charge in [-0.15, -0.1) is 0 Å². The van der Waals surface area contributed by atoms with Gasteiger partial charge in [-0.2, -0.15) is 0 Å². The lowest BCUT2D eigenvalue weighted by molar-refractivity contribution is -0.129. The zero-order valence-electron chi connectivity index (χ0n) is 28.8. The van der Waals surface area contributed by atoms with Gasteiger partial charge in [0.1, 0.15) is 29.8 Å². The van der Waals surface area contributed by atoms with Gasteiger partial charge in [-0.3, -0.25) is 14.5 Å². The Morgan fingerprint density at radius 3 is 2.57 bits per heavy atom. The van der Waals surface area contributed by atoms with Crippen molar-refractivity contribution in [3.63, 3.8) is 0 Å². The van der Waals surface area contributed by atoms with Gasteiger partial charge in [0.25, 0.3) is 5.91 Å². The summed E-state index contributed by atoms with van der Waals surface area (Å²) in [4.78, 5) is 40.2. The van der Waals surface area contributed by atoms with E-state index in [-0.39, 0.29) is 36.8 Å². The fourth-order valence-corrected chi connectivity index (χ4v) is 7.05. The lowest BCUT2D eigenvalue weighted by Gasteiger charge is -2.33. The van der Waals surface area contributed by atoms with E-state index in [0.717, 1.165) is 61.4 Å². The molecule has 3 aliphatic rings. The van der Waals surface area contributed by atoms with Crippen LogP contribution >= 0.6 is 0 Å². The average molecular weight is 678 g/mol. The molecule has 5 heterocycles. The topological polar surface area (TPSA) is 136 Å². The molecule has 3 aromatic rings. The van der Waals surface area contributed by atoms with Gasteiger partial charge in [0, 0.05) is 82.5 Å². The summed E-state index contributed by atoms with van der Waals surface area (Å²) in [6.07, 6.45) is 6.12. The maximum atomic E-state index is 15.3. The molecule has 0 spiro atoms. The number of halogens is 1. The van der Waals surface area contributed by atoms with Crippen LogP contribution in [0.1, 0.15) is 77.5 Å². The number of rotatable bonds is 11. The van der Waals surface area contributed by atoms with Crippen LogP contribution in [0.3, 0.4) is 0 Å². The minimum Gasteiger partial charge on any atom is -0.485 e. The molecule has 12 nitrogen and oxygen atoms in total. The fourth-order valence-electron chi connectivity index (χ4n) is 7.05. The predicted octanol–water partition coefficient (Wildman–Crippen LogP) is 3.97. The van der Waals surface area contributed by atoms with Crippen molar-refractivity contribution in [2.45, 2.75) is 84.6 Å². The summed E-state index contributed by atoms with van der Waals surface area (Å²) in [7, 11) is 0. The summed E-state index contributed by atoms with van der Waals surface area (Å²) in [5, 5.41) is 17.4. The van der Waals surface area contributed by atoms with Crippen molar-refractivity contribution in [3.8, 4) is 5.75 Å². The number of aromatic nitrogens is 2. The van der Waals surface area contributed by atoms with E-state index in [2.05, 4.69) is 20.5 Å². The molecule has 264 valence electrons. The molecule has 49 heavy (non-hydrogen) atoms. The predicted molar refractivity (Wildman–Crippen MR) is 183 cm³/mol. The number of hydrogen-bond donors (Lipinski definition) is 3. The standard InChI is InChI=1S/C36H48FN7O5/c1-23-29-9-12-42(20-30(29)31(37)17-32(23)48-21-33-24(2)39-22-49-33)19-28(46)18-38-36(47)26-15-34(40-27-7-13-43(14-8-27)25(3)45)41-35(16-26)44-10-5-4-6-11-44/h15-17,22,27-28,46H,4-14,18-21H2,1-3H3,(H,38,47)(H,40,41)/t28-/m0/s1. The van der Waals surface area contributed by atoms with Gasteiger partial charge < -0.3 is 34.7 Å². The molecule has 0 unspecified atom stereocenters. The van der Waals surface area contributed by atoms with Crippen molar-refractivity contribution in [2.24, 2.45) is 0 Å². The van der Waals surface area contributed by atoms with Crippen LogP contribution in [-0.4, -0.2) is 94.6 Å². The number of ether oxygens (including phenoxy) is 1. The van der Waals surface area contributed by atoms with Gasteiger partial charge in [-0.1, -0.05) is 0 Å². The van der Waals surface area contributed by atoms with Crippen molar-refractivity contribution in [1.82, 2.24) is 25.1 Å². The number of aliphatic hydroxyl groups excluding tert-OH is 1. The molecule has 2 saturated heterocycles. The number of oxazole rings is 1. The molecule has 2 amide bonds. The first-order valence-corrected chi connectivity index (χ1v) is 17.4. The quantitative estimate of drug-likeness (QED) is 0.274. The largest absolute Gasteiger partial charge is 0.485 e. The molecule has 0 aliphatic carbocycles. The Hall–Kier alpha value is -4.23. The van der Waals surface area contributed by atoms with E-state index < -0.39 is 6.10 Å². The zero-order valence-corrected chi connectivity index (χ0v) is 28.8. The number of benzene rings is 1. The normalized spacial score (nSPS) is 17.8. The molecule has 2 fully saturated rings. The van der Waals surface area contributed by atoms with E-state index in [0.29, 0.717) is 67.6 Å². The van der Waals surface area contributed by atoms with Crippen LogP contribution in [0, 0.1) is 19.7 Å². The minimum atomic E-state index is -0.838. The molecule has 0 saturated carbocycles. The Balaban J connectivity index is 1.05. The number of carbonyl (C=O) groups is 2. The van der Waals surface area contributed by atoms with Crippen molar-refractivity contribution < 1.29 is 28.2 Å². The Morgan fingerprint density at radius 2 is 1.86 bits per heavy atom. The Morgan fingerprint density at radius 1 is 1.08 bits per heavy atom. The highest BCUT2D eigenvalue weighted by Gasteiger charge is 2.26. The molecule has 2 aromatic heterocycles. The second-order valence-corrected chi connectivity index (χ2v) is 13.5. The number of piperidine rings is 2. The number of anilines is 2. The number of nitrogens with zero attached hydrogens (tertiary/aromatic N) is 5. The number of aliphatic hydroxyl groups is 1. The van der Waals surface area contributed by atoms with E-state index >= 15 is 4.39 Å². The van der Waals surface area contributed by atoms with E-state index in [4.69, 9.17) is 14.1 Å². The van der Waals surface area contributed by atoms with Crippen LogP contribution in [0.4, 0.5) is 16.0 Å². The first-order chi connectivity index (χ1) is 23.6. The highest BCUT2D eigenvalue weighted by molar-refractivity contribution is 5.95. The molecule has 0 radical (unpaired) electrons. The van der Waals surface area contributed by atoms with Crippen LogP contribution in [0.5, 0.6) is 5.75 Å². The molecular formula is C36H48FN7O5. The number of nitrogens with one attached hydrogen (secondary N) is 2. The highest BCUT2D eigenvalue weighted by atomic mass is 19.1. The van der Waals surface area contributed by atoms with Crippen LogP contribution in [0.25, 0.3) is 0 Å². The number of hydrogen-bond acceptors (Lipinski definition) is 10. The number of fused-ring (bicyclic) bond motifs is 1. The van der Waals surface area contributed by atoms with Crippen LogP contribution in [0.2, 0.25) is 0 Å². The minimum absolute atomic E-state index is 0.0607. The number of carbonyl (C=O) groups excluding carboxylic acids is 2. The van der Waals surface area contributed by atoms with E-state index in [1.807, 2.05) is 29.7 Å². The SMILES string of the molecule is CC(=O)N1CCC(Nc2cc(C(=O)NC[C@H](O)CN3CCc4c(C)c(OCc5ocnc5C)cc(F)c4C3)cc(N3CCCCC3)n2)CC1. The lowest BCUT2D eigenvalue weighted by Crippen LogP contribution is -2.42. The van der Waals surface area contributed by atoms with Crippen molar-refractivity contribution in [1.29, 1.82) is 0 Å². The number of likely N-dealkylation sites (tertiary alicyclic amines) is 1. The van der Waals surface area contributed by atoms with Crippen LogP contribution in [-0.2, 0) is 24.4 Å². The van der Waals surface area contributed by atoms with Gasteiger partial charge in [-0.25, -0.2) is 14.4 Å². The van der Waals surface area contributed by atoms with Crippen LogP contribution in [0.15, 0.2) is 29.0 Å². The van der Waals surface area contributed by atoms with E-state index in [9.17, 15) is 14.7 Å². The van der Waals surface area contributed by atoms with Gasteiger partial charge in [0.05, 0.1) is 11.8 Å². The van der Waals surface area contributed by atoms with E-state index in [1.54, 1.807) is 13.0 Å². The van der Waals surface area contributed by atoms with Crippen molar-refractivity contribution in [3.05, 3.63) is 64.1 Å². The smallest absolute Gasteiger partial charge is 0.251 e. The third kappa shape index (κ3) is 8.50. The Kier molecular flexibility index (Phi) is 11.0. The molecule has 3 N–H and O–H groups in total. The summed E-state index contributed by atoms with van der Waals surface area (Å²) in [5.41, 5.74) is 3.66. The summed E-state index contributed by atoms with van der Waals surface area (Å²) in [6, 6.07) is 5.17. The average Bonchev–Trinajstić information content (AvgIpc) is 3.52. The van der Waals surface area contributed by atoms with E-state index in [1.165, 1.54) is 18.9 Å². The molecule has 1 atom stereocenters. The Bertz CT molecular complexity index is 1630. The second kappa shape index (κ2) is 15.5. The van der Waals surface area contributed by atoms with Crippen LogP contribution < -0.4 is 20.3 Å². The fraction of sp³-hybridized carbons (Fsp3) is 0.556. The van der Waals surface area contributed by atoms with Gasteiger partial charge in [-0.05, 0) is 75.6 Å². The molecule has 0 bridgehead atoms. The summed E-state index contributed by atoms with van der Waals surface area (Å²) in [5.74, 6) is 1.97. The molecule has 6 rings (SSSR count). The van der Waals surface area contributed by atoms with Gasteiger partial charge in [0.15, 0.2) is 12.2 Å². The number of amides is 2. The number of aryl methyl sites for hydroxylation is 1. The monoisotopic (exact) mass is 677 g/mol. The third-order valence-corrected chi connectivity index (χ3v) is 10.0. The third-order valence-electron chi connectivity index (χ3n) is 10.0. The molecule has 3 aliphatic heterocycles. The maximum Gasteiger partial charge on any atom is 0.251 e. The van der Waals surface area contributed by atoms with Crippen molar-refractivity contribution in [2.75, 3.05) is 56.0 Å². The second-order valence-electron chi connectivity index (χ2n) is 13.5.